The smallest absolute Gasteiger partial charge is 0.312 e. The van der Waals surface area contributed by atoms with Gasteiger partial charge in [-0.05, 0) is 5.41 Å². The van der Waals surface area contributed by atoms with E-state index in [0.29, 0.717) is 0 Å². The Bertz CT molecular complexity index is 353. The summed E-state index contributed by atoms with van der Waals surface area (Å²) in [4.78, 5) is 32.9. The summed E-state index contributed by atoms with van der Waals surface area (Å²) in [6.07, 6.45) is 0. The number of carbonyl (C=O) groups is 3. The average molecular weight is 243 g/mol. The lowest BCUT2D eigenvalue weighted by molar-refractivity contribution is -0.140. The van der Waals surface area contributed by atoms with Crippen LogP contribution in [0.2, 0.25) is 0 Å². The van der Waals surface area contributed by atoms with Gasteiger partial charge in [-0.2, -0.15) is 0 Å². The molecule has 1 saturated carbocycles. The second-order valence-electron chi connectivity index (χ2n) is 4.70. The van der Waals surface area contributed by atoms with Crippen molar-refractivity contribution in [2.75, 3.05) is 13.1 Å². The predicted octanol–water partition coefficient (Wildman–Crippen LogP) is -0.872. The maximum absolute atomic E-state index is 11.7. The van der Waals surface area contributed by atoms with Crippen LogP contribution in [-0.4, -0.2) is 36.1 Å². The molecule has 0 bridgehead atoms. The fraction of sp³-hybridized carbons (Fsp3) is 0.700. The van der Waals surface area contributed by atoms with Crippen LogP contribution in [-0.2, 0) is 9.59 Å². The van der Waals surface area contributed by atoms with Crippen molar-refractivity contribution in [1.29, 1.82) is 0 Å². The third kappa shape index (κ3) is 2.86. The van der Waals surface area contributed by atoms with Crippen molar-refractivity contribution in [3.05, 3.63) is 0 Å². The van der Waals surface area contributed by atoms with Crippen molar-refractivity contribution in [3.8, 4) is 0 Å². The van der Waals surface area contributed by atoms with Gasteiger partial charge in [0.1, 0.15) is 0 Å². The van der Waals surface area contributed by atoms with Crippen LogP contribution in [0.25, 0.3) is 0 Å². The van der Waals surface area contributed by atoms with Crippen LogP contribution in [0.3, 0.4) is 0 Å². The molecule has 1 fully saturated rings. The first-order chi connectivity index (χ1) is 7.78. The number of nitrogens with two attached hydrogens (primary N) is 1. The molecule has 0 aliphatic heterocycles. The molecule has 7 heteroatoms. The Labute approximate surface area is 98.7 Å². The van der Waals surface area contributed by atoms with Gasteiger partial charge in [0.25, 0.3) is 0 Å². The number of hydrogen-bond donors (Lipinski definition) is 4. The Morgan fingerprint density at radius 2 is 1.71 bits per heavy atom. The van der Waals surface area contributed by atoms with Crippen molar-refractivity contribution in [1.82, 2.24) is 10.6 Å². The third-order valence-corrected chi connectivity index (χ3v) is 3.10. The molecule has 0 radical (unpaired) electrons. The number of rotatable bonds is 5. The number of aliphatic carboxylic acids is 1. The maximum Gasteiger partial charge on any atom is 0.312 e. The fourth-order valence-corrected chi connectivity index (χ4v) is 2.07. The van der Waals surface area contributed by atoms with E-state index in [1.807, 2.05) is 0 Å². The molecule has 96 valence electrons. The van der Waals surface area contributed by atoms with E-state index in [1.54, 1.807) is 13.8 Å². The second-order valence-corrected chi connectivity index (χ2v) is 4.70. The summed E-state index contributed by atoms with van der Waals surface area (Å²) in [5.41, 5.74) is 4.34. The Hall–Kier alpha value is -1.79. The van der Waals surface area contributed by atoms with Crippen molar-refractivity contribution in [2.45, 2.75) is 13.8 Å². The Morgan fingerprint density at radius 3 is 2.12 bits per heavy atom. The quantitative estimate of drug-likeness (QED) is 0.469. The summed E-state index contributed by atoms with van der Waals surface area (Å²) in [5, 5.41) is 13.8. The minimum atomic E-state index is -0.953. The monoisotopic (exact) mass is 243 g/mol. The van der Waals surface area contributed by atoms with Gasteiger partial charge in [-0.15, -0.1) is 0 Å². The third-order valence-electron chi connectivity index (χ3n) is 3.10. The minimum Gasteiger partial charge on any atom is -0.481 e. The maximum atomic E-state index is 11.7. The fourth-order valence-electron chi connectivity index (χ4n) is 2.07. The molecule has 1 rings (SSSR count). The van der Waals surface area contributed by atoms with E-state index in [-0.39, 0.29) is 19.0 Å². The normalized spacial score (nSPS) is 24.8. The molecule has 0 aromatic heterocycles. The highest BCUT2D eigenvalue weighted by molar-refractivity contribution is 5.91. The van der Waals surface area contributed by atoms with Crippen molar-refractivity contribution in [2.24, 2.45) is 23.0 Å². The van der Waals surface area contributed by atoms with E-state index in [9.17, 15) is 14.4 Å². The molecule has 2 unspecified atom stereocenters. The van der Waals surface area contributed by atoms with Gasteiger partial charge >= 0.3 is 12.0 Å². The highest BCUT2D eigenvalue weighted by atomic mass is 16.4. The Morgan fingerprint density at radius 1 is 1.18 bits per heavy atom. The van der Waals surface area contributed by atoms with E-state index in [1.165, 1.54) is 0 Å². The highest BCUT2D eigenvalue weighted by Crippen LogP contribution is 2.58. The molecule has 1 aliphatic rings. The van der Waals surface area contributed by atoms with Gasteiger partial charge < -0.3 is 21.5 Å². The zero-order valence-electron chi connectivity index (χ0n) is 9.82. The van der Waals surface area contributed by atoms with Gasteiger partial charge in [0, 0.05) is 13.1 Å². The first kappa shape index (κ1) is 13.3. The number of hydrogen-bond acceptors (Lipinski definition) is 3. The number of carboxylic acids is 1. The lowest BCUT2D eigenvalue weighted by Gasteiger charge is -2.06. The van der Waals surface area contributed by atoms with Crippen molar-refractivity contribution < 1.29 is 19.5 Å². The number of nitrogens with one attached hydrogen (secondary N) is 2. The van der Waals surface area contributed by atoms with Gasteiger partial charge in [0.15, 0.2) is 0 Å². The standard InChI is InChI=1S/C10H17N3O4/c1-10(2)5(6(10)8(15)16)7(14)12-3-4-13-9(11)17/h5-6H,3-4H2,1-2H3,(H,12,14)(H,15,16)(H3,11,13,17). The van der Waals surface area contributed by atoms with Crippen molar-refractivity contribution >= 4 is 17.9 Å². The van der Waals surface area contributed by atoms with Crippen molar-refractivity contribution in [3.63, 3.8) is 0 Å². The van der Waals surface area contributed by atoms with Crippen LogP contribution in [0.4, 0.5) is 4.79 Å². The molecule has 0 spiro atoms. The van der Waals surface area contributed by atoms with Gasteiger partial charge in [0.05, 0.1) is 11.8 Å². The predicted molar refractivity (Wildman–Crippen MR) is 59.0 cm³/mol. The molecule has 3 amide bonds. The average Bonchev–Trinajstić information content (AvgIpc) is 2.76. The molecule has 0 heterocycles. The zero-order chi connectivity index (χ0) is 13.2. The largest absolute Gasteiger partial charge is 0.481 e. The van der Waals surface area contributed by atoms with Crippen LogP contribution < -0.4 is 16.4 Å². The summed E-state index contributed by atoms with van der Waals surface area (Å²) in [7, 11) is 0. The summed E-state index contributed by atoms with van der Waals surface area (Å²) < 4.78 is 0. The van der Waals surface area contributed by atoms with E-state index >= 15 is 0 Å². The van der Waals surface area contributed by atoms with Gasteiger partial charge in [-0.1, -0.05) is 13.8 Å². The number of carboxylic acid groups (broad SMARTS) is 1. The van der Waals surface area contributed by atoms with Crippen LogP contribution in [0.15, 0.2) is 0 Å². The minimum absolute atomic E-state index is 0.228. The van der Waals surface area contributed by atoms with Gasteiger partial charge in [0.2, 0.25) is 5.91 Å². The summed E-state index contributed by atoms with van der Waals surface area (Å²) in [6.45, 7) is 3.96. The second kappa shape index (κ2) is 4.60. The van der Waals surface area contributed by atoms with E-state index in [4.69, 9.17) is 10.8 Å². The van der Waals surface area contributed by atoms with Crippen LogP contribution in [0.1, 0.15) is 13.8 Å². The highest BCUT2D eigenvalue weighted by Gasteiger charge is 2.65. The molecular formula is C10H17N3O4. The first-order valence-corrected chi connectivity index (χ1v) is 5.32. The lowest BCUT2D eigenvalue weighted by Crippen LogP contribution is -2.38. The summed E-state index contributed by atoms with van der Waals surface area (Å²) in [6, 6.07) is -0.658. The lowest BCUT2D eigenvalue weighted by atomic mass is 10.1. The molecular weight excluding hydrogens is 226 g/mol. The van der Waals surface area contributed by atoms with Gasteiger partial charge in [-0.25, -0.2) is 4.79 Å². The molecule has 7 nitrogen and oxygen atoms in total. The number of urea groups is 1. The molecule has 0 saturated heterocycles. The molecule has 2 atom stereocenters. The zero-order valence-corrected chi connectivity index (χ0v) is 9.82. The van der Waals surface area contributed by atoms with Crippen LogP contribution >= 0.6 is 0 Å². The molecule has 0 aromatic carbocycles. The van der Waals surface area contributed by atoms with Crippen LogP contribution in [0, 0.1) is 17.3 Å². The first-order valence-electron chi connectivity index (χ1n) is 5.32. The Kier molecular flexibility index (Phi) is 3.59. The SMILES string of the molecule is CC1(C)C(C(=O)O)C1C(=O)NCCNC(N)=O. The van der Waals surface area contributed by atoms with E-state index in [0.717, 1.165) is 0 Å². The topological polar surface area (TPSA) is 122 Å². The molecule has 1 aliphatic carbocycles. The van der Waals surface area contributed by atoms with E-state index in [2.05, 4.69) is 10.6 Å². The van der Waals surface area contributed by atoms with Crippen LogP contribution in [0.5, 0.6) is 0 Å². The summed E-state index contributed by atoms with van der Waals surface area (Å²) in [5.74, 6) is -2.39. The molecule has 17 heavy (non-hydrogen) atoms. The number of carbonyl (C=O) groups excluding carboxylic acids is 2. The Balaban J connectivity index is 2.35. The van der Waals surface area contributed by atoms with E-state index < -0.39 is 29.3 Å². The molecule has 0 aromatic rings. The number of amides is 3. The molecule has 5 N–H and O–H groups in total. The number of primary amides is 1. The summed E-state index contributed by atoms with van der Waals surface area (Å²) >= 11 is 0. The van der Waals surface area contributed by atoms with Gasteiger partial charge in [-0.3, -0.25) is 9.59 Å².